The molecule has 2 saturated heterocycles. The molecule has 15 nitrogen and oxygen atoms in total. The standard InChI is InChI=1S/C56H89NO14/c1-36-18-13-12-14-19-37(2)48(69-29-28-68-27-26-64-8)34-45-24-23-42(7)56(63,71-45)53(60)54(61)57-25-16-15-22-46(57)55(62)70-49(39(4)32-43-20-17-21-44(33-43)65-9)35-47(58)38(3)31-41(6)51(66-10)52(67-11)50(59)40(5)30-36/h12-14,18-19,31,36,38-40,42-46,48-49,51-52,63H,15-17,20-30,32-35H2,1-11H3/b14-12?,18-13+,37-19?,41-31+/t36-,38-,39-,40-,42-,43+,44+,45+,46+,48?,49+,51-,52+,56-/m1/s1. The molecule has 14 atom stereocenters. The third-order valence-electron chi connectivity index (χ3n) is 15.3. The number of amides is 1. The van der Waals surface area contributed by atoms with Crippen molar-refractivity contribution in [2.45, 2.75) is 180 Å². The Balaban J connectivity index is 1.72. The highest BCUT2D eigenvalue weighted by Gasteiger charge is 2.53. The quantitative estimate of drug-likeness (QED) is 0.0814. The number of rotatable bonds is 13. The summed E-state index contributed by atoms with van der Waals surface area (Å²) in [4.78, 5) is 72.9. The van der Waals surface area contributed by atoms with Crippen LogP contribution in [0.25, 0.3) is 0 Å². The van der Waals surface area contributed by atoms with Crippen LogP contribution in [0.2, 0.25) is 0 Å². The number of fused-ring (bicyclic) bond motifs is 3. The van der Waals surface area contributed by atoms with Crippen molar-refractivity contribution in [2.24, 2.45) is 35.5 Å². The maximum Gasteiger partial charge on any atom is 0.329 e. The lowest BCUT2D eigenvalue weighted by atomic mass is 9.79. The number of Topliss-reactive ketones (excluding diaryl/α,β-unsaturated/α-hetero) is 3. The lowest BCUT2D eigenvalue weighted by molar-refractivity contribution is -0.266. The molecule has 402 valence electrons. The van der Waals surface area contributed by atoms with Gasteiger partial charge in [0.15, 0.2) is 5.78 Å². The number of hydrogen-bond acceptors (Lipinski definition) is 14. The van der Waals surface area contributed by atoms with E-state index in [0.717, 1.165) is 31.3 Å². The molecule has 1 amide bonds. The number of carbonyl (C=O) groups is 5. The summed E-state index contributed by atoms with van der Waals surface area (Å²) in [6.45, 7) is 14.7. The fourth-order valence-electron chi connectivity index (χ4n) is 10.8. The molecule has 0 radical (unpaired) electrons. The average Bonchev–Trinajstić information content (AvgIpc) is 3.35. The van der Waals surface area contributed by atoms with E-state index < -0.39 is 71.8 Å². The minimum Gasteiger partial charge on any atom is -0.460 e. The Morgan fingerprint density at radius 1 is 0.789 bits per heavy atom. The summed E-state index contributed by atoms with van der Waals surface area (Å²) in [7, 11) is 6.34. The number of methoxy groups -OCH3 is 4. The van der Waals surface area contributed by atoms with E-state index in [1.807, 2.05) is 58.1 Å². The van der Waals surface area contributed by atoms with Crippen molar-refractivity contribution in [3.05, 3.63) is 47.6 Å². The molecule has 3 aliphatic heterocycles. The van der Waals surface area contributed by atoms with E-state index in [0.29, 0.717) is 69.8 Å². The molecule has 15 heteroatoms. The zero-order chi connectivity index (χ0) is 52.3. The third kappa shape index (κ3) is 17.6. The Hall–Kier alpha value is -3.41. The first kappa shape index (κ1) is 60.1. The molecule has 1 unspecified atom stereocenters. The first-order valence-electron chi connectivity index (χ1n) is 26.4. The van der Waals surface area contributed by atoms with E-state index in [4.69, 9.17) is 37.9 Å². The molecule has 4 aliphatic rings. The van der Waals surface area contributed by atoms with E-state index in [-0.39, 0.29) is 67.8 Å². The van der Waals surface area contributed by atoms with Gasteiger partial charge in [-0.3, -0.25) is 19.2 Å². The SMILES string of the molecule is COCCOCCOC1C[C@@H]2CC[C@@H](C)[C@@](O)(O2)C(=O)C(=O)N2CCCC[C@H]2C(=O)O[C@H]([C@H](C)C[C@@H]2CCC[C@H](OC)C2)CC(=O)[C@H](C)/C=C(\C)[C@@H](OC)[C@@H](OC)C(=O)[C@H](C)C[C@H](C)/C=C/C=CC=C1C. The molecule has 0 aromatic rings. The van der Waals surface area contributed by atoms with E-state index in [1.54, 1.807) is 34.1 Å². The summed E-state index contributed by atoms with van der Waals surface area (Å²) in [5.74, 6) is -7.16. The van der Waals surface area contributed by atoms with E-state index in [9.17, 15) is 29.1 Å². The van der Waals surface area contributed by atoms with Crippen LogP contribution in [0, 0.1) is 35.5 Å². The largest absolute Gasteiger partial charge is 0.460 e. The fraction of sp³-hybridized carbons (Fsp3) is 0.768. The number of aliphatic hydroxyl groups is 1. The molecule has 1 saturated carbocycles. The maximum absolute atomic E-state index is 14.5. The number of esters is 1. The van der Waals surface area contributed by atoms with Crippen LogP contribution >= 0.6 is 0 Å². The first-order valence-corrected chi connectivity index (χ1v) is 26.4. The van der Waals surface area contributed by atoms with Gasteiger partial charge in [-0.15, -0.1) is 0 Å². The lowest BCUT2D eigenvalue weighted by Gasteiger charge is -2.43. The van der Waals surface area contributed by atoms with Crippen molar-refractivity contribution in [2.75, 3.05) is 61.4 Å². The summed E-state index contributed by atoms with van der Waals surface area (Å²) in [5.41, 5.74) is 1.53. The number of hydrogen-bond donors (Lipinski definition) is 1. The number of ketones is 3. The van der Waals surface area contributed by atoms with Crippen molar-refractivity contribution in [1.82, 2.24) is 4.90 Å². The molecule has 3 heterocycles. The van der Waals surface area contributed by atoms with E-state index in [2.05, 4.69) is 6.92 Å². The highest BCUT2D eigenvalue weighted by atomic mass is 16.6. The van der Waals surface area contributed by atoms with Crippen LogP contribution in [0.15, 0.2) is 47.6 Å². The first-order chi connectivity index (χ1) is 33.9. The van der Waals surface area contributed by atoms with Gasteiger partial charge >= 0.3 is 5.97 Å². The van der Waals surface area contributed by atoms with Gasteiger partial charge in [-0.1, -0.05) is 83.9 Å². The van der Waals surface area contributed by atoms with Gasteiger partial charge < -0.3 is 47.9 Å². The highest BCUT2D eigenvalue weighted by Crippen LogP contribution is 2.38. The van der Waals surface area contributed by atoms with Crippen LogP contribution < -0.4 is 0 Å². The molecule has 0 aromatic heterocycles. The number of piperidine rings is 1. The zero-order valence-corrected chi connectivity index (χ0v) is 44.9. The number of cyclic esters (lactones) is 1. The van der Waals surface area contributed by atoms with Crippen molar-refractivity contribution in [1.29, 1.82) is 0 Å². The lowest BCUT2D eigenvalue weighted by Crippen LogP contribution is -2.61. The Labute approximate surface area is 424 Å². The summed E-state index contributed by atoms with van der Waals surface area (Å²) < 4.78 is 47.2. The van der Waals surface area contributed by atoms with Gasteiger partial charge in [0.1, 0.15) is 30.1 Å². The van der Waals surface area contributed by atoms with Crippen molar-refractivity contribution in [3.63, 3.8) is 0 Å². The molecular formula is C56H89NO14. The average molecular weight is 1000 g/mol. The highest BCUT2D eigenvalue weighted by molar-refractivity contribution is 6.39. The van der Waals surface area contributed by atoms with Crippen LogP contribution in [-0.2, 0) is 61.9 Å². The van der Waals surface area contributed by atoms with Crippen LogP contribution in [0.4, 0.5) is 0 Å². The van der Waals surface area contributed by atoms with Crippen molar-refractivity contribution >= 4 is 29.2 Å². The van der Waals surface area contributed by atoms with Crippen LogP contribution in [-0.4, -0.2) is 149 Å². The second-order valence-corrected chi connectivity index (χ2v) is 20.9. The van der Waals surface area contributed by atoms with Gasteiger partial charge in [-0.25, -0.2) is 4.79 Å². The van der Waals surface area contributed by atoms with E-state index >= 15 is 0 Å². The van der Waals surface area contributed by atoms with Crippen LogP contribution in [0.1, 0.15) is 132 Å². The predicted octanol–water partition coefficient (Wildman–Crippen LogP) is 7.90. The Bertz CT molecular complexity index is 1840. The second-order valence-electron chi connectivity index (χ2n) is 20.9. The molecule has 2 bridgehead atoms. The molecule has 1 N–H and O–H groups in total. The Kier molecular flexibility index (Phi) is 25.5. The maximum atomic E-state index is 14.5. The third-order valence-corrected chi connectivity index (χ3v) is 15.3. The normalized spacial score (nSPS) is 35.8. The van der Waals surface area contributed by atoms with Gasteiger partial charge in [0, 0.05) is 65.6 Å². The van der Waals surface area contributed by atoms with Crippen molar-refractivity contribution in [3.8, 4) is 0 Å². The predicted molar refractivity (Wildman–Crippen MR) is 270 cm³/mol. The molecular weight excluding hydrogens is 911 g/mol. The Morgan fingerprint density at radius 2 is 1.52 bits per heavy atom. The molecule has 1 aliphatic carbocycles. The summed E-state index contributed by atoms with van der Waals surface area (Å²) in [5, 5.41) is 12.1. The molecule has 4 rings (SSSR count). The van der Waals surface area contributed by atoms with Crippen LogP contribution in [0.5, 0.6) is 0 Å². The topological polar surface area (TPSA) is 183 Å². The molecule has 3 fully saturated rings. The minimum absolute atomic E-state index is 0.0468. The minimum atomic E-state index is -2.45. The van der Waals surface area contributed by atoms with Crippen molar-refractivity contribution < 1.29 is 67.0 Å². The zero-order valence-electron chi connectivity index (χ0n) is 44.9. The summed E-state index contributed by atoms with van der Waals surface area (Å²) in [6.07, 6.45) is 15.6. The van der Waals surface area contributed by atoms with Gasteiger partial charge in [0.25, 0.3) is 11.7 Å². The van der Waals surface area contributed by atoms with Gasteiger partial charge in [0.2, 0.25) is 5.79 Å². The second kappa shape index (κ2) is 30.1. The fourth-order valence-corrected chi connectivity index (χ4v) is 10.8. The van der Waals surface area contributed by atoms with Gasteiger partial charge in [-0.2, -0.15) is 0 Å². The smallest absolute Gasteiger partial charge is 0.329 e. The van der Waals surface area contributed by atoms with Crippen LogP contribution in [0.3, 0.4) is 0 Å². The number of nitrogens with zero attached hydrogens (tertiary/aromatic N) is 1. The van der Waals surface area contributed by atoms with E-state index in [1.165, 1.54) is 19.1 Å². The molecule has 0 aromatic carbocycles. The summed E-state index contributed by atoms with van der Waals surface area (Å²) in [6, 6.07) is -1.11. The Morgan fingerprint density at radius 3 is 2.23 bits per heavy atom. The van der Waals surface area contributed by atoms with Gasteiger partial charge in [-0.05, 0) is 101 Å². The monoisotopic (exact) mass is 1000 g/mol. The molecule has 71 heavy (non-hydrogen) atoms. The summed E-state index contributed by atoms with van der Waals surface area (Å²) >= 11 is 0. The number of ether oxygens (including phenoxy) is 8. The number of carbonyl (C=O) groups excluding carboxylic acids is 5. The number of allylic oxidation sites excluding steroid dienone is 6. The molecule has 0 spiro atoms. The van der Waals surface area contributed by atoms with Gasteiger partial charge in [0.05, 0.1) is 44.7 Å².